The lowest BCUT2D eigenvalue weighted by Gasteiger charge is -2.06. The van der Waals surface area contributed by atoms with Crippen molar-refractivity contribution in [1.82, 2.24) is 0 Å². The number of rotatable bonds is 3. The highest BCUT2D eigenvalue weighted by Crippen LogP contribution is 2.17. The molecule has 0 aromatic heterocycles. The Morgan fingerprint density at radius 2 is 2.06 bits per heavy atom. The highest BCUT2D eigenvalue weighted by molar-refractivity contribution is 5.96. The van der Waals surface area contributed by atoms with Crippen LogP contribution in [0.25, 0.3) is 0 Å². The number of ether oxygens (including phenoxy) is 1. The van der Waals surface area contributed by atoms with E-state index in [0.717, 1.165) is 5.56 Å². The van der Waals surface area contributed by atoms with Gasteiger partial charge in [-0.3, -0.25) is 0 Å². The molecule has 4 heteroatoms. The van der Waals surface area contributed by atoms with Crippen molar-refractivity contribution < 1.29 is 14.6 Å². The SMILES string of the molecule is CC(C)C1COC(c2ccc(C(=O)O)cc2)=N1. The van der Waals surface area contributed by atoms with Gasteiger partial charge >= 0.3 is 5.97 Å². The Bertz CT molecular complexity index is 448. The lowest BCUT2D eigenvalue weighted by atomic mass is 10.1. The Labute approximate surface area is 99.9 Å². The molecule has 0 aliphatic carbocycles. The van der Waals surface area contributed by atoms with E-state index >= 15 is 0 Å². The van der Waals surface area contributed by atoms with Crippen LogP contribution in [0.15, 0.2) is 29.3 Å². The fourth-order valence-electron chi connectivity index (χ4n) is 1.64. The molecule has 0 fully saturated rings. The molecule has 1 N–H and O–H groups in total. The van der Waals surface area contributed by atoms with Crippen molar-refractivity contribution in [3.05, 3.63) is 35.4 Å². The molecule has 4 nitrogen and oxygen atoms in total. The van der Waals surface area contributed by atoms with E-state index < -0.39 is 5.97 Å². The van der Waals surface area contributed by atoms with E-state index in [0.29, 0.717) is 18.4 Å². The number of aromatic carboxylic acids is 1. The maximum absolute atomic E-state index is 10.7. The smallest absolute Gasteiger partial charge is 0.335 e. The van der Waals surface area contributed by atoms with Gasteiger partial charge in [0.25, 0.3) is 0 Å². The minimum Gasteiger partial charge on any atom is -0.478 e. The Morgan fingerprint density at radius 3 is 2.53 bits per heavy atom. The third-order valence-electron chi connectivity index (χ3n) is 2.82. The van der Waals surface area contributed by atoms with Gasteiger partial charge < -0.3 is 9.84 Å². The van der Waals surface area contributed by atoms with Gasteiger partial charge in [-0.15, -0.1) is 0 Å². The third kappa shape index (κ3) is 2.46. The van der Waals surface area contributed by atoms with E-state index in [-0.39, 0.29) is 11.6 Å². The average Bonchev–Trinajstić information content (AvgIpc) is 2.78. The number of hydrogen-bond donors (Lipinski definition) is 1. The van der Waals surface area contributed by atoms with E-state index in [1.54, 1.807) is 24.3 Å². The number of benzene rings is 1. The lowest BCUT2D eigenvalue weighted by molar-refractivity contribution is 0.0697. The Morgan fingerprint density at radius 1 is 1.41 bits per heavy atom. The van der Waals surface area contributed by atoms with Crippen molar-refractivity contribution in [2.45, 2.75) is 19.9 Å². The molecule has 0 spiro atoms. The normalized spacial score (nSPS) is 19.0. The fraction of sp³-hybridized carbons (Fsp3) is 0.385. The van der Waals surface area contributed by atoms with Crippen molar-refractivity contribution in [1.29, 1.82) is 0 Å². The molecule has 1 aromatic carbocycles. The molecule has 1 aliphatic heterocycles. The number of nitrogens with zero attached hydrogens (tertiary/aromatic N) is 1. The van der Waals surface area contributed by atoms with Crippen molar-refractivity contribution in [3.8, 4) is 0 Å². The second kappa shape index (κ2) is 4.57. The predicted molar refractivity (Wildman–Crippen MR) is 64.5 cm³/mol. The third-order valence-corrected chi connectivity index (χ3v) is 2.82. The molecule has 1 heterocycles. The summed E-state index contributed by atoms with van der Waals surface area (Å²) in [6.45, 7) is 4.82. The molecule has 1 unspecified atom stereocenters. The molecular weight excluding hydrogens is 218 g/mol. The zero-order valence-corrected chi connectivity index (χ0v) is 9.88. The second-order valence-corrected chi connectivity index (χ2v) is 4.44. The van der Waals surface area contributed by atoms with Crippen LogP contribution in [0.1, 0.15) is 29.8 Å². The van der Waals surface area contributed by atoms with Crippen molar-refractivity contribution in [2.24, 2.45) is 10.9 Å². The zero-order valence-electron chi connectivity index (χ0n) is 9.88. The summed E-state index contributed by atoms with van der Waals surface area (Å²) in [5, 5.41) is 8.79. The van der Waals surface area contributed by atoms with E-state index in [9.17, 15) is 4.79 Å². The number of aliphatic imine (C=N–C) groups is 1. The van der Waals surface area contributed by atoms with Crippen LogP contribution < -0.4 is 0 Å². The first-order valence-electron chi connectivity index (χ1n) is 5.62. The highest BCUT2D eigenvalue weighted by Gasteiger charge is 2.22. The summed E-state index contributed by atoms with van der Waals surface area (Å²) in [5.41, 5.74) is 1.10. The Kier molecular flexibility index (Phi) is 3.13. The number of carboxylic acid groups (broad SMARTS) is 1. The molecule has 1 aliphatic rings. The maximum Gasteiger partial charge on any atom is 0.335 e. The summed E-state index contributed by atoms with van der Waals surface area (Å²) in [7, 11) is 0. The largest absolute Gasteiger partial charge is 0.478 e. The molecule has 0 bridgehead atoms. The number of hydrogen-bond acceptors (Lipinski definition) is 3. The summed E-state index contributed by atoms with van der Waals surface area (Å²) in [5.74, 6) is 0.136. The summed E-state index contributed by atoms with van der Waals surface area (Å²) in [6, 6.07) is 6.78. The number of carboxylic acids is 1. The van der Waals surface area contributed by atoms with Gasteiger partial charge in [-0.25, -0.2) is 9.79 Å². The standard InChI is InChI=1S/C13H15NO3/c1-8(2)11-7-17-12(14-11)9-3-5-10(6-4-9)13(15)16/h3-6,8,11H,7H2,1-2H3,(H,15,16). The van der Waals surface area contributed by atoms with Crippen LogP contribution in [0, 0.1) is 5.92 Å². The van der Waals surface area contributed by atoms with E-state index in [1.807, 2.05) is 0 Å². The lowest BCUT2D eigenvalue weighted by Crippen LogP contribution is -2.13. The molecular formula is C13H15NO3. The molecule has 0 amide bonds. The van der Waals surface area contributed by atoms with Gasteiger partial charge in [0.2, 0.25) is 5.90 Å². The summed E-state index contributed by atoms with van der Waals surface area (Å²) >= 11 is 0. The van der Waals surface area contributed by atoms with E-state index in [1.165, 1.54) is 0 Å². The molecule has 90 valence electrons. The summed E-state index contributed by atoms with van der Waals surface area (Å²) < 4.78 is 5.52. The summed E-state index contributed by atoms with van der Waals surface area (Å²) in [6.07, 6.45) is 0. The first kappa shape index (κ1) is 11.6. The van der Waals surface area contributed by atoms with Gasteiger partial charge in [0.05, 0.1) is 11.6 Å². The summed E-state index contributed by atoms with van der Waals surface area (Å²) in [4.78, 5) is 15.2. The molecule has 0 radical (unpaired) electrons. The van der Waals surface area contributed by atoms with E-state index in [4.69, 9.17) is 9.84 Å². The van der Waals surface area contributed by atoms with Gasteiger partial charge in [0.15, 0.2) is 0 Å². The molecule has 0 saturated carbocycles. The van der Waals surface area contributed by atoms with Crippen LogP contribution >= 0.6 is 0 Å². The van der Waals surface area contributed by atoms with Crippen LogP contribution in [0.4, 0.5) is 0 Å². The van der Waals surface area contributed by atoms with Crippen molar-refractivity contribution in [2.75, 3.05) is 6.61 Å². The van der Waals surface area contributed by atoms with E-state index in [2.05, 4.69) is 18.8 Å². The van der Waals surface area contributed by atoms with Crippen molar-refractivity contribution in [3.63, 3.8) is 0 Å². The van der Waals surface area contributed by atoms with Gasteiger partial charge in [0.1, 0.15) is 6.61 Å². The zero-order chi connectivity index (χ0) is 12.4. The Hall–Kier alpha value is -1.84. The molecule has 17 heavy (non-hydrogen) atoms. The van der Waals surface area contributed by atoms with Gasteiger partial charge in [0, 0.05) is 5.56 Å². The monoisotopic (exact) mass is 233 g/mol. The molecule has 1 atom stereocenters. The average molecular weight is 233 g/mol. The van der Waals surface area contributed by atoms with Gasteiger partial charge in [-0.1, -0.05) is 13.8 Å². The maximum atomic E-state index is 10.7. The molecule has 0 saturated heterocycles. The van der Waals surface area contributed by atoms with Gasteiger partial charge in [-0.05, 0) is 30.2 Å². The van der Waals surface area contributed by atoms with Crippen LogP contribution in [0.2, 0.25) is 0 Å². The second-order valence-electron chi connectivity index (χ2n) is 4.44. The first-order valence-corrected chi connectivity index (χ1v) is 5.62. The van der Waals surface area contributed by atoms with Crippen LogP contribution in [0.3, 0.4) is 0 Å². The predicted octanol–water partition coefficient (Wildman–Crippen LogP) is 2.19. The number of carbonyl (C=O) groups is 1. The minimum absolute atomic E-state index is 0.198. The van der Waals surface area contributed by atoms with Crippen LogP contribution in [-0.4, -0.2) is 29.6 Å². The topological polar surface area (TPSA) is 58.9 Å². The van der Waals surface area contributed by atoms with Crippen LogP contribution in [-0.2, 0) is 4.74 Å². The van der Waals surface area contributed by atoms with Crippen molar-refractivity contribution >= 4 is 11.9 Å². The van der Waals surface area contributed by atoms with Gasteiger partial charge in [-0.2, -0.15) is 0 Å². The first-order chi connectivity index (χ1) is 8.08. The molecule has 1 aromatic rings. The highest BCUT2D eigenvalue weighted by atomic mass is 16.5. The van der Waals surface area contributed by atoms with Crippen LogP contribution in [0.5, 0.6) is 0 Å². The quantitative estimate of drug-likeness (QED) is 0.870. The Balaban J connectivity index is 2.19. The fourth-order valence-corrected chi connectivity index (χ4v) is 1.64. The minimum atomic E-state index is -0.925. The molecule has 2 rings (SSSR count).